The second-order valence-corrected chi connectivity index (χ2v) is 6.28. The Kier molecular flexibility index (Phi) is 4.64. The van der Waals surface area contributed by atoms with Crippen molar-refractivity contribution in [1.82, 2.24) is 4.98 Å². The topological polar surface area (TPSA) is 16.1 Å². The van der Waals surface area contributed by atoms with E-state index in [0.29, 0.717) is 5.88 Å². The molecule has 0 N–H and O–H groups in total. The Morgan fingerprint density at radius 3 is 2.71 bits per heavy atom. The number of fused-ring (bicyclic) bond motifs is 1. The number of anilines is 1. The van der Waals surface area contributed by atoms with Crippen LogP contribution >= 0.6 is 11.6 Å². The van der Waals surface area contributed by atoms with E-state index in [4.69, 9.17) is 16.6 Å². The molecule has 2 nitrogen and oxygen atoms in total. The van der Waals surface area contributed by atoms with Gasteiger partial charge in [-0.1, -0.05) is 38.0 Å². The number of aromatic nitrogens is 1. The Hall–Kier alpha value is -1.28. The number of hydrogen-bond acceptors (Lipinski definition) is 2. The van der Waals surface area contributed by atoms with Crippen molar-refractivity contribution < 1.29 is 0 Å². The van der Waals surface area contributed by atoms with Crippen molar-refractivity contribution in [2.24, 2.45) is 5.92 Å². The summed E-state index contributed by atoms with van der Waals surface area (Å²) in [5.74, 6) is 2.52. The van der Waals surface area contributed by atoms with Crippen LogP contribution < -0.4 is 4.90 Å². The number of alkyl halides is 1. The molecule has 3 heteroatoms. The first-order valence-electron chi connectivity index (χ1n) is 8.01. The number of nitrogens with zero attached hydrogens (tertiary/aromatic N) is 2. The average Bonchev–Trinajstić information content (AvgIpc) is 2.54. The van der Waals surface area contributed by atoms with Gasteiger partial charge in [-0.3, -0.25) is 0 Å². The molecule has 0 aliphatic carbocycles. The van der Waals surface area contributed by atoms with Crippen LogP contribution in [-0.2, 0) is 5.88 Å². The first-order valence-corrected chi connectivity index (χ1v) is 8.55. The lowest BCUT2D eigenvalue weighted by atomic mass is 9.92. The first kappa shape index (κ1) is 14.6. The molecule has 21 heavy (non-hydrogen) atoms. The van der Waals surface area contributed by atoms with Crippen molar-refractivity contribution >= 4 is 28.3 Å². The molecule has 112 valence electrons. The molecule has 1 aliphatic heterocycles. The third kappa shape index (κ3) is 3.16. The predicted octanol–water partition coefficient (Wildman–Crippen LogP) is 4.99. The van der Waals surface area contributed by atoms with E-state index < -0.39 is 0 Å². The molecule has 1 saturated heterocycles. The number of benzene rings is 1. The summed E-state index contributed by atoms with van der Waals surface area (Å²) in [5, 5.41) is 1.18. The van der Waals surface area contributed by atoms with Crippen LogP contribution in [0.3, 0.4) is 0 Å². The van der Waals surface area contributed by atoms with Crippen LogP contribution in [0.5, 0.6) is 0 Å². The minimum Gasteiger partial charge on any atom is -0.356 e. The summed E-state index contributed by atoms with van der Waals surface area (Å²) >= 11 is 6.16. The fourth-order valence-corrected chi connectivity index (χ4v) is 3.56. The van der Waals surface area contributed by atoms with Gasteiger partial charge in [-0.2, -0.15) is 0 Å². The maximum absolute atomic E-state index is 6.16. The number of piperidine rings is 1. The Morgan fingerprint density at radius 1 is 1.24 bits per heavy atom. The van der Waals surface area contributed by atoms with Crippen LogP contribution in [0.25, 0.3) is 10.9 Å². The third-order valence-corrected chi connectivity index (χ3v) is 4.82. The molecule has 0 spiro atoms. The Balaban J connectivity index is 1.86. The lowest BCUT2D eigenvalue weighted by molar-refractivity contribution is 0.377. The number of halogens is 1. The standard InChI is InChI=1S/C18H23ClN2/c1-2-5-14-8-10-21(11-9-14)18-16(13-19)12-15-6-3-4-7-17(15)20-18/h3-4,6-7,12,14H,2,5,8-11,13H2,1H3. The van der Waals surface area contributed by atoms with Crippen molar-refractivity contribution in [2.75, 3.05) is 18.0 Å². The van der Waals surface area contributed by atoms with Crippen molar-refractivity contribution in [3.8, 4) is 0 Å². The normalized spacial score (nSPS) is 16.6. The molecule has 1 fully saturated rings. The van der Waals surface area contributed by atoms with Crippen molar-refractivity contribution in [1.29, 1.82) is 0 Å². The monoisotopic (exact) mass is 302 g/mol. The van der Waals surface area contributed by atoms with Crippen LogP contribution in [0, 0.1) is 5.92 Å². The van der Waals surface area contributed by atoms with Gasteiger partial charge in [0.1, 0.15) is 5.82 Å². The zero-order valence-electron chi connectivity index (χ0n) is 12.7. The summed E-state index contributed by atoms with van der Waals surface area (Å²) in [5.41, 5.74) is 2.22. The van der Waals surface area contributed by atoms with Gasteiger partial charge in [0, 0.05) is 24.0 Å². The van der Waals surface area contributed by atoms with E-state index in [9.17, 15) is 0 Å². The average molecular weight is 303 g/mol. The van der Waals surface area contributed by atoms with Crippen molar-refractivity contribution in [3.05, 3.63) is 35.9 Å². The van der Waals surface area contributed by atoms with Gasteiger partial charge in [0.25, 0.3) is 0 Å². The van der Waals surface area contributed by atoms with E-state index in [2.05, 4.69) is 36.1 Å². The van der Waals surface area contributed by atoms with Gasteiger partial charge in [-0.15, -0.1) is 11.6 Å². The minimum absolute atomic E-state index is 0.530. The van der Waals surface area contributed by atoms with Gasteiger partial charge in [0.05, 0.1) is 11.4 Å². The molecule has 1 aromatic heterocycles. The SMILES string of the molecule is CCCC1CCN(c2nc3ccccc3cc2CCl)CC1. The molecule has 1 aliphatic rings. The Bertz CT molecular complexity index is 603. The summed E-state index contributed by atoms with van der Waals surface area (Å²) in [4.78, 5) is 7.31. The molecule has 0 unspecified atom stereocenters. The molecule has 3 rings (SSSR count). The van der Waals surface area contributed by atoms with E-state index in [0.717, 1.165) is 35.9 Å². The van der Waals surface area contributed by atoms with Gasteiger partial charge >= 0.3 is 0 Å². The highest BCUT2D eigenvalue weighted by atomic mass is 35.5. The summed E-state index contributed by atoms with van der Waals surface area (Å²) in [6.45, 7) is 4.50. The maximum Gasteiger partial charge on any atom is 0.133 e. The summed E-state index contributed by atoms with van der Waals surface area (Å²) in [7, 11) is 0. The molecule has 0 amide bonds. The number of pyridine rings is 1. The second kappa shape index (κ2) is 6.65. The van der Waals surface area contributed by atoms with Crippen LogP contribution in [0.1, 0.15) is 38.2 Å². The highest BCUT2D eigenvalue weighted by Crippen LogP contribution is 2.29. The number of hydrogen-bond donors (Lipinski definition) is 0. The van der Waals surface area contributed by atoms with Crippen molar-refractivity contribution in [2.45, 2.75) is 38.5 Å². The molecule has 0 radical (unpaired) electrons. The second-order valence-electron chi connectivity index (χ2n) is 6.02. The highest BCUT2D eigenvalue weighted by molar-refractivity contribution is 6.17. The zero-order valence-corrected chi connectivity index (χ0v) is 13.4. The van der Waals surface area contributed by atoms with Gasteiger partial charge in [-0.05, 0) is 30.9 Å². The lowest BCUT2D eigenvalue weighted by Crippen LogP contribution is -2.34. The van der Waals surface area contributed by atoms with Crippen LogP contribution in [-0.4, -0.2) is 18.1 Å². The quantitative estimate of drug-likeness (QED) is 0.740. The fourth-order valence-electron chi connectivity index (χ4n) is 3.36. The highest BCUT2D eigenvalue weighted by Gasteiger charge is 2.21. The van der Waals surface area contributed by atoms with Gasteiger partial charge < -0.3 is 4.90 Å². The lowest BCUT2D eigenvalue weighted by Gasteiger charge is -2.33. The van der Waals surface area contributed by atoms with E-state index >= 15 is 0 Å². The first-order chi connectivity index (χ1) is 10.3. The summed E-state index contributed by atoms with van der Waals surface area (Å²) < 4.78 is 0. The molecule has 0 saturated carbocycles. The Morgan fingerprint density at radius 2 is 2.00 bits per heavy atom. The molecule has 0 bridgehead atoms. The summed E-state index contributed by atoms with van der Waals surface area (Å²) in [6.07, 6.45) is 5.22. The molecular formula is C18H23ClN2. The van der Waals surface area contributed by atoms with Gasteiger partial charge in [0.15, 0.2) is 0 Å². The van der Waals surface area contributed by atoms with Crippen molar-refractivity contribution in [3.63, 3.8) is 0 Å². The van der Waals surface area contributed by atoms with Crippen LogP contribution in [0.4, 0.5) is 5.82 Å². The molecule has 0 atom stereocenters. The molecule has 1 aromatic carbocycles. The number of rotatable bonds is 4. The van der Waals surface area contributed by atoms with Crippen LogP contribution in [0.15, 0.2) is 30.3 Å². The zero-order chi connectivity index (χ0) is 14.7. The number of para-hydroxylation sites is 1. The van der Waals surface area contributed by atoms with Gasteiger partial charge in [-0.25, -0.2) is 4.98 Å². The van der Waals surface area contributed by atoms with E-state index in [1.807, 2.05) is 6.07 Å². The largest absolute Gasteiger partial charge is 0.356 e. The van der Waals surface area contributed by atoms with Crippen LogP contribution in [0.2, 0.25) is 0 Å². The molecule has 2 heterocycles. The molecular weight excluding hydrogens is 280 g/mol. The van der Waals surface area contributed by atoms with E-state index in [-0.39, 0.29) is 0 Å². The fraction of sp³-hybridized carbons (Fsp3) is 0.500. The van der Waals surface area contributed by atoms with E-state index in [1.165, 1.54) is 31.1 Å². The molecule has 2 aromatic rings. The minimum atomic E-state index is 0.530. The maximum atomic E-state index is 6.16. The smallest absolute Gasteiger partial charge is 0.133 e. The van der Waals surface area contributed by atoms with E-state index in [1.54, 1.807) is 0 Å². The Labute approximate surface area is 132 Å². The third-order valence-electron chi connectivity index (χ3n) is 4.54. The van der Waals surface area contributed by atoms with Gasteiger partial charge in [0.2, 0.25) is 0 Å². The predicted molar refractivity (Wildman–Crippen MR) is 91.1 cm³/mol. The summed E-state index contributed by atoms with van der Waals surface area (Å²) in [6, 6.07) is 10.5.